The van der Waals surface area contributed by atoms with Gasteiger partial charge in [-0.1, -0.05) is 26.0 Å². The van der Waals surface area contributed by atoms with E-state index in [9.17, 15) is 9.59 Å². The van der Waals surface area contributed by atoms with E-state index in [0.717, 1.165) is 28.7 Å². The second-order valence-electron chi connectivity index (χ2n) is 7.90. The van der Waals surface area contributed by atoms with E-state index in [1.165, 1.54) is 7.11 Å². The first-order chi connectivity index (χ1) is 12.8. The highest BCUT2D eigenvalue weighted by Crippen LogP contribution is 2.25. The number of carbonyl (C=O) groups excluding carboxylic acids is 2. The highest BCUT2D eigenvalue weighted by molar-refractivity contribution is 6.06. The molecule has 2 atom stereocenters. The van der Waals surface area contributed by atoms with Gasteiger partial charge < -0.3 is 15.0 Å². The average Bonchev–Trinajstić information content (AvgIpc) is 3.14. The zero-order chi connectivity index (χ0) is 19.7. The molecular formula is C21H29N3O3. The van der Waals surface area contributed by atoms with Gasteiger partial charge in [0.05, 0.1) is 18.2 Å². The maximum Gasteiger partial charge on any atom is 0.323 e. The van der Waals surface area contributed by atoms with Crippen LogP contribution in [0.25, 0.3) is 10.9 Å². The number of nitrogens with zero attached hydrogens (tertiary/aromatic N) is 1. The molecule has 0 saturated carbocycles. The molecule has 6 heteroatoms. The molecule has 3 rings (SSSR count). The topological polar surface area (TPSA) is 74.4 Å². The number of aromatic nitrogens is 1. The van der Waals surface area contributed by atoms with Crippen LogP contribution in [0.4, 0.5) is 0 Å². The number of ether oxygens (including phenoxy) is 1. The molecule has 6 nitrogen and oxygen atoms in total. The Morgan fingerprint density at radius 3 is 2.74 bits per heavy atom. The van der Waals surface area contributed by atoms with E-state index in [0.29, 0.717) is 24.4 Å². The predicted molar refractivity (Wildman–Crippen MR) is 106 cm³/mol. The molecule has 1 aromatic carbocycles. The summed E-state index contributed by atoms with van der Waals surface area (Å²) in [6, 6.07) is 5.40. The van der Waals surface area contributed by atoms with Gasteiger partial charge in [-0.3, -0.25) is 14.5 Å². The van der Waals surface area contributed by atoms with Crippen molar-refractivity contribution in [1.82, 2.24) is 15.2 Å². The monoisotopic (exact) mass is 371 g/mol. The quantitative estimate of drug-likeness (QED) is 0.793. The van der Waals surface area contributed by atoms with Crippen LogP contribution in [0.15, 0.2) is 18.2 Å². The fraction of sp³-hybridized carbons (Fsp3) is 0.524. The lowest BCUT2D eigenvalue weighted by molar-refractivity contribution is -0.146. The summed E-state index contributed by atoms with van der Waals surface area (Å²) in [6.45, 7) is 9.77. The Kier molecular flexibility index (Phi) is 5.56. The molecule has 1 aliphatic heterocycles. The van der Waals surface area contributed by atoms with Crippen LogP contribution in [-0.2, 0) is 9.53 Å². The number of H-pyrrole nitrogens is 1. The Balaban J connectivity index is 1.78. The van der Waals surface area contributed by atoms with Gasteiger partial charge in [0.1, 0.15) is 6.04 Å². The lowest BCUT2D eigenvalue weighted by atomic mass is 10.1. The van der Waals surface area contributed by atoms with Gasteiger partial charge in [0.25, 0.3) is 5.91 Å². The Morgan fingerprint density at radius 2 is 2.07 bits per heavy atom. The SMILES string of the molecule is COC(=O)[C@@H]1C[C@H](NC(=O)c2cccc3c(C)c(C)[nH]c23)CN1CC(C)C. The number of rotatable bonds is 5. The number of carbonyl (C=O) groups is 2. The molecule has 0 aliphatic carbocycles. The number of nitrogens with one attached hydrogen (secondary N) is 2. The molecule has 0 bridgehead atoms. The minimum Gasteiger partial charge on any atom is -0.468 e. The first-order valence-electron chi connectivity index (χ1n) is 9.52. The van der Waals surface area contributed by atoms with E-state index in [4.69, 9.17) is 4.74 Å². The second kappa shape index (κ2) is 7.72. The predicted octanol–water partition coefficient (Wildman–Crippen LogP) is 2.79. The molecule has 0 radical (unpaired) electrons. The molecule has 1 aliphatic rings. The third-order valence-electron chi connectivity index (χ3n) is 5.40. The van der Waals surface area contributed by atoms with Crippen LogP contribution in [0.3, 0.4) is 0 Å². The molecule has 2 N–H and O–H groups in total. The third-order valence-corrected chi connectivity index (χ3v) is 5.40. The molecule has 2 heterocycles. The molecule has 1 fully saturated rings. The molecule has 1 aromatic heterocycles. The highest BCUT2D eigenvalue weighted by atomic mass is 16.5. The number of amides is 1. The number of methoxy groups -OCH3 is 1. The molecule has 1 saturated heterocycles. The number of esters is 1. The van der Waals surface area contributed by atoms with Crippen molar-refractivity contribution in [3.63, 3.8) is 0 Å². The van der Waals surface area contributed by atoms with Crippen molar-refractivity contribution in [3.8, 4) is 0 Å². The van der Waals surface area contributed by atoms with Crippen LogP contribution in [0.1, 0.15) is 41.9 Å². The van der Waals surface area contributed by atoms with E-state index in [1.807, 2.05) is 25.1 Å². The van der Waals surface area contributed by atoms with Gasteiger partial charge in [-0.25, -0.2) is 0 Å². The Bertz CT molecular complexity index is 856. The normalized spacial score (nSPS) is 20.4. The molecule has 27 heavy (non-hydrogen) atoms. The minimum absolute atomic E-state index is 0.0761. The van der Waals surface area contributed by atoms with Gasteiger partial charge >= 0.3 is 5.97 Å². The summed E-state index contributed by atoms with van der Waals surface area (Å²) in [6.07, 6.45) is 0.573. The lowest BCUT2D eigenvalue weighted by Gasteiger charge is -2.23. The summed E-state index contributed by atoms with van der Waals surface area (Å²) in [5, 5.41) is 4.19. The van der Waals surface area contributed by atoms with Gasteiger partial charge in [-0.05, 0) is 37.8 Å². The molecular weight excluding hydrogens is 342 g/mol. The number of benzene rings is 1. The van der Waals surface area contributed by atoms with E-state index >= 15 is 0 Å². The number of aromatic amines is 1. The molecule has 0 unspecified atom stereocenters. The van der Waals surface area contributed by atoms with E-state index < -0.39 is 0 Å². The van der Waals surface area contributed by atoms with Crippen LogP contribution in [0.5, 0.6) is 0 Å². The smallest absolute Gasteiger partial charge is 0.323 e. The van der Waals surface area contributed by atoms with Crippen molar-refractivity contribution >= 4 is 22.8 Å². The number of aryl methyl sites for hydroxylation is 2. The van der Waals surface area contributed by atoms with Crippen molar-refractivity contribution in [2.45, 2.75) is 46.2 Å². The summed E-state index contributed by atoms with van der Waals surface area (Å²) in [5.74, 6) is 0.0946. The number of hydrogen-bond acceptors (Lipinski definition) is 4. The van der Waals surface area contributed by atoms with Crippen molar-refractivity contribution in [1.29, 1.82) is 0 Å². The van der Waals surface area contributed by atoms with E-state index in [1.54, 1.807) is 0 Å². The molecule has 1 amide bonds. The Labute approximate surface area is 160 Å². The van der Waals surface area contributed by atoms with Gasteiger partial charge in [0.15, 0.2) is 0 Å². The first kappa shape index (κ1) is 19.4. The average molecular weight is 371 g/mol. The van der Waals surface area contributed by atoms with Crippen molar-refractivity contribution in [2.75, 3.05) is 20.2 Å². The van der Waals surface area contributed by atoms with Crippen LogP contribution in [0, 0.1) is 19.8 Å². The van der Waals surface area contributed by atoms with Crippen molar-refractivity contribution in [2.24, 2.45) is 5.92 Å². The number of fused-ring (bicyclic) bond motifs is 1. The Morgan fingerprint density at radius 1 is 1.33 bits per heavy atom. The molecule has 146 valence electrons. The minimum atomic E-state index is -0.298. The standard InChI is InChI=1S/C21H29N3O3/c1-12(2)10-24-11-15(9-18(24)21(26)27-5)23-20(25)17-8-6-7-16-13(3)14(4)22-19(16)17/h6-8,12,15,18,22H,9-11H2,1-5H3,(H,23,25)/t15-,18-/m0/s1. The van der Waals surface area contributed by atoms with Crippen LogP contribution in [-0.4, -0.2) is 54.0 Å². The first-order valence-corrected chi connectivity index (χ1v) is 9.52. The second-order valence-corrected chi connectivity index (χ2v) is 7.90. The number of para-hydroxylation sites is 1. The summed E-state index contributed by atoms with van der Waals surface area (Å²) >= 11 is 0. The van der Waals surface area contributed by atoms with Crippen molar-refractivity contribution in [3.05, 3.63) is 35.0 Å². The third kappa shape index (κ3) is 3.86. The number of hydrogen-bond donors (Lipinski definition) is 2. The maximum atomic E-state index is 12.9. The maximum absolute atomic E-state index is 12.9. The number of likely N-dealkylation sites (tertiary alicyclic amines) is 1. The van der Waals surface area contributed by atoms with Gasteiger partial charge in [-0.15, -0.1) is 0 Å². The van der Waals surface area contributed by atoms with E-state index in [2.05, 4.69) is 36.0 Å². The zero-order valence-corrected chi connectivity index (χ0v) is 16.8. The van der Waals surface area contributed by atoms with Crippen molar-refractivity contribution < 1.29 is 14.3 Å². The van der Waals surface area contributed by atoms with Crippen LogP contribution in [0.2, 0.25) is 0 Å². The lowest BCUT2D eigenvalue weighted by Crippen LogP contribution is -2.40. The Hall–Kier alpha value is -2.34. The molecule has 0 spiro atoms. The zero-order valence-electron chi connectivity index (χ0n) is 16.8. The largest absolute Gasteiger partial charge is 0.468 e. The summed E-state index contributed by atoms with van der Waals surface area (Å²) in [7, 11) is 1.42. The van der Waals surface area contributed by atoms with Gasteiger partial charge in [0, 0.05) is 30.2 Å². The summed E-state index contributed by atoms with van der Waals surface area (Å²) in [5.41, 5.74) is 3.74. The van der Waals surface area contributed by atoms with Crippen LogP contribution >= 0.6 is 0 Å². The van der Waals surface area contributed by atoms with Gasteiger partial charge in [0.2, 0.25) is 0 Å². The fourth-order valence-corrected chi connectivity index (χ4v) is 4.00. The van der Waals surface area contributed by atoms with Crippen LogP contribution < -0.4 is 5.32 Å². The van der Waals surface area contributed by atoms with Gasteiger partial charge in [-0.2, -0.15) is 0 Å². The summed E-state index contributed by atoms with van der Waals surface area (Å²) < 4.78 is 4.96. The molecule has 2 aromatic rings. The summed E-state index contributed by atoms with van der Waals surface area (Å²) in [4.78, 5) is 30.5. The highest BCUT2D eigenvalue weighted by Gasteiger charge is 2.38. The fourth-order valence-electron chi connectivity index (χ4n) is 4.00. The van der Waals surface area contributed by atoms with E-state index in [-0.39, 0.29) is 24.0 Å².